The molecule has 0 unspecified atom stereocenters. The predicted molar refractivity (Wildman–Crippen MR) is 139 cm³/mol. The van der Waals surface area contributed by atoms with Crippen molar-refractivity contribution < 1.29 is 29.0 Å². The smallest absolute Gasteiger partial charge is 0.323 e. The number of nitrogens with zero attached hydrogens (tertiary/aromatic N) is 1. The molecule has 1 rings (SSSR count). The highest BCUT2D eigenvalue weighted by molar-refractivity contribution is 5.90. The summed E-state index contributed by atoms with van der Waals surface area (Å²) in [7, 11) is 0. The number of aliphatic hydroxyl groups is 1. The lowest BCUT2D eigenvalue weighted by Crippen LogP contribution is -2.57. The lowest BCUT2D eigenvalue weighted by atomic mass is 9.99. The normalized spacial score (nSPS) is 17.5. The van der Waals surface area contributed by atoms with E-state index in [-0.39, 0.29) is 36.7 Å². The molecule has 1 aliphatic rings. The second kappa shape index (κ2) is 16.2. The summed E-state index contributed by atoms with van der Waals surface area (Å²) in [6.45, 7) is 17.4. The molecule has 1 fully saturated rings. The number of aliphatic hydroxyl groups excluding tert-OH is 1. The number of carbonyl (C=O) groups is 3. The van der Waals surface area contributed by atoms with Gasteiger partial charge in [-0.2, -0.15) is 0 Å². The molecule has 4 N–H and O–H groups in total. The standard InChI is InChI=1S/C26H50N4O6/c1-18(2)16-21(23(32)27-9-10-30-11-14-35-15-12-30)29-24(33)22(17-19(3)4)28-20(8-13-31)25(34)36-26(5,6)7/h18-22,28,31H,8-17H2,1-7H3,(H,27,32)(H,29,33)/t20-,21+,22+/m1/s1. The van der Waals surface area contributed by atoms with E-state index in [1.807, 2.05) is 27.7 Å². The third kappa shape index (κ3) is 13.5. The van der Waals surface area contributed by atoms with Gasteiger partial charge in [-0.05, 0) is 51.9 Å². The predicted octanol–water partition coefficient (Wildman–Crippen LogP) is 1.06. The maximum absolute atomic E-state index is 13.4. The first-order valence-corrected chi connectivity index (χ1v) is 13.3. The summed E-state index contributed by atoms with van der Waals surface area (Å²) in [5.74, 6) is -0.720. The van der Waals surface area contributed by atoms with Gasteiger partial charge in [0.25, 0.3) is 0 Å². The third-order valence-corrected chi connectivity index (χ3v) is 5.71. The van der Waals surface area contributed by atoms with Crippen LogP contribution in [0.15, 0.2) is 0 Å². The van der Waals surface area contributed by atoms with E-state index < -0.39 is 29.7 Å². The molecule has 0 saturated carbocycles. The second-order valence-corrected chi connectivity index (χ2v) is 11.4. The molecule has 3 atom stereocenters. The Bertz CT molecular complexity index is 674. The number of hydrogen-bond acceptors (Lipinski definition) is 8. The summed E-state index contributed by atoms with van der Waals surface area (Å²) in [6.07, 6.45) is 1.08. The van der Waals surface area contributed by atoms with Crippen LogP contribution in [0.3, 0.4) is 0 Å². The third-order valence-electron chi connectivity index (χ3n) is 5.71. The number of rotatable bonds is 15. The van der Waals surface area contributed by atoms with E-state index in [0.717, 1.165) is 19.6 Å². The first-order chi connectivity index (χ1) is 16.8. The van der Waals surface area contributed by atoms with Crippen molar-refractivity contribution in [3.63, 3.8) is 0 Å². The van der Waals surface area contributed by atoms with Crippen molar-refractivity contribution >= 4 is 17.8 Å². The molecule has 10 nitrogen and oxygen atoms in total. The molecule has 0 aromatic carbocycles. The van der Waals surface area contributed by atoms with Gasteiger partial charge in [0.15, 0.2) is 0 Å². The Morgan fingerprint density at radius 2 is 1.53 bits per heavy atom. The van der Waals surface area contributed by atoms with E-state index >= 15 is 0 Å². The molecule has 2 amide bonds. The van der Waals surface area contributed by atoms with Crippen molar-refractivity contribution in [3.8, 4) is 0 Å². The number of hydrogen-bond donors (Lipinski definition) is 4. The summed E-state index contributed by atoms with van der Waals surface area (Å²) in [5.41, 5.74) is -0.691. The molecule has 0 aliphatic carbocycles. The van der Waals surface area contributed by atoms with Crippen LogP contribution in [0, 0.1) is 11.8 Å². The molecular formula is C26H50N4O6. The van der Waals surface area contributed by atoms with Crippen LogP contribution < -0.4 is 16.0 Å². The minimum absolute atomic E-state index is 0.119. The van der Waals surface area contributed by atoms with Crippen molar-refractivity contribution in [1.29, 1.82) is 0 Å². The number of nitrogens with one attached hydrogen (secondary N) is 3. The van der Waals surface area contributed by atoms with E-state index in [1.165, 1.54) is 0 Å². The van der Waals surface area contributed by atoms with Gasteiger partial charge in [0.1, 0.15) is 17.7 Å². The van der Waals surface area contributed by atoms with Crippen LogP contribution in [0.25, 0.3) is 0 Å². The molecular weight excluding hydrogens is 464 g/mol. The van der Waals surface area contributed by atoms with Crippen LogP contribution in [-0.4, -0.2) is 97.5 Å². The number of esters is 1. The van der Waals surface area contributed by atoms with Crippen LogP contribution in [0.4, 0.5) is 0 Å². The highest BCUT2D eigenvalue weighted by Crippen LogP contribution is 2.13. The number of ether oxygens (including phenoxy) is 2. The fraction of sp³-hybridized carbons (Fsp3) is 0.885. The number of amides is 2. The van der Waals surface area contributed by atoms with Crippen LogP contribution in [0.5, 0.6) is 0 Å². The van der Waals surface area contributed by atoms with E-state index in [2.05, 4.69) is 20.9 Å². The van der Waals surface area contributed by atoms with E-state index in [1.54, 1.807) is 20.8 Å². The summed E-state index contributed by atoms with van der Waals surface area (Å²) in [6, 6.07) is -2.24. The van der Waals surface area contributed by atoms with Crippen LogP contribution in [0.1, 0.15) is 67.7 Å². The summed E-state index contributed by atoms with van der Waals surface area (Å²) in [5, 5.41) is 18.5. The molecule has 0 aromatic heterocycles. The van der Waals surface area contributed by atoms with E-state index in [4.69, 9.17) is 9.47 Å². The molecule has 1 heterocycles. The van der Waals surface area contributed by atoms with Gasteiger partial charge in [-0.15, -0.1) is 0 Å². The monoisotopic (exact) mass is 514 g/mol. The zero-order chi connectivity index (χ0) is 27.3. The first-order valence-electron chi connectivity index (χ1n) is 13.3. The molecule has 0 radical (unpaired) electrons. The van der Waals surface area contributed by atoms with E-state index in [9.17, 15) is 19.5 Å². The summed E-state index contributed by atoms with van der Waals surface area (Å²) >= 11 is 0. The van der Waals surface area contributed by atoms with Gasteiger partial charge in [-0.25, -0.2) is 0 Å². The topological polar surface area (TPSA) is 129 Å². The van der Waals surface area contributed by atoms with Crippen molar-refractivity contribution in [2.75, 3.05) is 46.0 Å². The summed E-state index contributed by atoms with van der Waals surface area (Å²) in [4.78, 5) is 41.3. The minimum atomic E-state index is -0.838. The van der Waals surface area contributed by atoms with Crippen LogP contribution in [-0.2, 0) is 23.9 Å². The molecule has 0 bridgehead atoms. The number of morpholine rings is 1. The van der Waals surface area contributed by atoms with Gasteiger partial charge in [0.05, 0.1) is 19.3 Å². The molecule has 0 aromatic rings. The van der Waals surface area contributed by atoms with Crippen LogP contribution >= 0.6 is 0 Å². The van der Waals surface area contributed by atoms with Crippen molar-refractivity contribution in [1.82, 2.24) is 20.9 Å². The SMILES string of the molecule is CC(C)C[C@H](NC(=O)[C@H](CC(C)C)N[C@H](CCO)C(=O)OC(C)(C)C)C(=O)NCCN1CCOCC1. The zero-order valence-corrected chi connectivity index (χ0v) is 23.4. The zero-order valence-electron chi connectivity index (χ0n) is 23.4. The second-order valence-electron chi connectivity index (χ2n) is 11.4. The maximum Gasteiger partial charge on any atom is 0.323 e. The Labute approximate surface area is 217 Å². The molecule has 10 heteroatoms. The van der Waals surface area contributed by atoms with Crippen molar-refractivity contribution in [3.05, 3.63) is 0 Å². The van der Waals surface area contributed by atoms with Crippen LogP contribution in [0.2, 0.25) is 0 Å². The maximum atomic E-state index is 13.4. The Morgan fingerprint density at radius 1 is 0.944 bits per heavy atom. The highest BCUT2D eigenvalue weighted by Gasteiger charge is 2.32. The van der Waals surface area contributed by atoms with Crippen molar-refractivity contribution in [2.45, 2.75) is 91.5 Å². The molecule has 1 aliphatic heterocycles. The first kappa shape index (κ1) is 32.3. The molecule has 36 heavy (non-hydrogen) atoms. The van der Waals surface area contributed by atoms with Gasteiger partial charge in [-0.3, -0.25) is 24.6 Å². The Morgan fingerprint density at radius 3 is 2.06 bits per heavy atom. The largest absolute Gasteiger partial charge is 0.459 e. The fourth-order valence-electron chi connectivity index (χ4n) is 4.00. The van der Waals surface area contributed by atoms with E-state index in [0.29, 0.717) is 32.6 Å². The molecule has 1 saturated heterocycles. The summed E-state index contributed by atoms with van der Waals surface area (Å²) < 4.78 is 10.8. The molecule has 0 spiro atoms. The Kier molecular flexibility index (Phi) is 14.5. The average molecular weight is 515 g/mol. The van der Waals surface area contributed by atoms with Crippen molar-refractivity contribution in [2.24, 2.45) is 11.8 Å². The molecule has 210 valence electrons. The fourth-order valence-corrected chi connectivity index (χ4v) is 4.00. The lowest BCUT2D eigenvalue weighted by Gasteiger charge is -2.30. The van der Waals surface area contributed by atoms with Gasteiger partial charge >= 0.3 is 5.97 Å². The number of carbonyl (C=O) groups excluding carboxylic acids is 3. The van der Waals surface area contributed by atoms with Gasteiger partial charge in [0.2, 0.25) is 11.8 Å². The Hall–Kier alpha value is -1.75. The lowest BCUT2D eigenvalue weighted by molar-refractivity contribution is -0.158. The Balaban J connectivity index is 2.86. The van der Waals surface area contributed by atoms with Gasteiger partial charge in [0, 0.05) is 32.8 Å². The highest BCUT2D eigenvalue weighted by atomic mass is 16.6. The van der Waals surface area contributed by atoms with Gasteiger partial charge in [-0.1, -0.05) is 27.7 Å². The average Bonchev–Trinajstić information content (AvgIpc) is 2.76. The quantitative estimate of drug-likeness (QED) is 0.239. The minimum Gasteiger partial charge on any atom is -0.459 e. The van der Waals surface area contributed by atoms with Gasteiger partial charge < -0.3 is 25.2 Å².